The van der Waals surface area contributed by atoms with Crippen LogP contribution in [0.25, 0.3) is 0 Å². The molecule has 9 N–H and O–H groups in total. The molecule has 2 aliphatic rings. The first kappa shape index (κ1) is 68.3. The fraction of sp³-hybridized carbons (Fsp3) is 0.104. The third-order valence-electron chi connectivity index (χ3n) is 14.2. The number of pyridine rings is 3. The van der Waals surface area contributed by atoms with E-state index in [9.17, 15) is 46.3 Å². The summed E-state index contributed by atoms with van der Waals surface area (Å²) in [5.74, 6) is -4.81. The van der Waals surface area contributed by atoms with Crippen molar-refractivity contribution in [2.75, 3.05) is 72.2 Å². The summed E-state index contributed by atoms with van der Waals surface area (Å²) in [5, 5.41) is 24.0. The number of aromatic nitrogens is 3. The molecular weight excluding hydrogens is 1380 g/mol. The molecule has 0 atom stereocenters. The Hall–Kier alpha value is -11.0. The molecular formula is C67H54Br2ClF4N15O6. The number of amidine groups is 3. The Labute approximate surface area is 562 Å². The molecule has 9 aromatic rings. The van der Waals surface area contributed by atoms with Crippen LogP contribution in [-0.4, -0.2) is 118 Å². The van der Waals surface area contributed by atoms with E-state index >= 15 is 0 Å². The van der Waals surface area contributed by atoms with E-state index in [4.69, 9.17) is 22.7 Å². The van der Waals surface area contributed by atoms with E-state index in [1.54, 1.807) is 97.3 Å². The molecule has 0 bridgehead atoms. The van der Waals surface area contributed by atoms with E-state index in [1.807, 2.05) is 16.8 Å². The molecule has 2 aliphatic heterocycles. The van der Waals surface area contributed by atoms with Crippen LogP contribution in [0, 0.1) is 28.7 Å². The average molecular weight is 1440 g/mol. The normalized spacial score (nSPS) is 12.3. The number of aliphatic imine (C=N–C) groups is 2. The van der Waals surface area contributed by atoms with Crippen LogP contribution in [0.5, 0.6) is 0 Å². The standard InChI is InChI=1S/2C23H19BrFN5O2.C21H16ClF2N5O2/c1-30-11-10-26-21(30)14-6-8-16(18(25)12-14)22(31)28-19-5-3-2-4-17(19)23(32)29-20-9-7-15(24)13-27-20;24-15-7-9-20(27-13-15)29-23(32)17-4-1-2-5-19(17)28-22(31)16-8-6-14(12-18(16)25)21(26)30-10-3-11-30;1-26-19(25)11-2-5-14(16(24)8-11)20(30)28-17-6-4-13(23)9-15(17)21(31)29-18-7-3-12(22)10-27-18/h2-9,12-13H,10-11H2,1H3,(H,28,31)(H,27,29,32);1-2,4-9,12-13,26H,3,10-11H2,(H,28,31)(H,27,29,32);2-10H,1H3,(H2,25,26)(H,28,30)(H,27,29,31). The Morgan fingerprint density at radius 2 is 0.968 bits per heavy atom. The zero-order valence-electron chi connectivity index (χ0n) is 50.1. The van der Waals surface area contributed by atoms with Crippen molar-refractivity contribution in [3.05, 3.63) is 264 Å². The fourth-order valence-corrected chi connectivity index (χ4v) is 9.68. The number of amides is 6. The van der Waals surface area contributed by atoms with Crippen molar-refractivity contribution in [2.24, 2.45) is 15.7 Å². The van der Waals surface area contributed by atoms with Gasteiger partial charge in [-0.15, -0.1) is 0 Å². The number of nitrogens with one attached hydrogen (secondary N) is 7. The van der Waals surface area contributed by atoms with Crippen molar-refractivity contribution in [3.8, 4) is 0 Å². The second-order valence-corrected chi connectivity index (χ2v) is 22.9. The number of nitrogens with zero attached hydrogens (tertiary/aromatic N) is 7. The Balaban J connectivity index is 0.000000168. The number of halogens is 7. The first-order chi connectivity index (χ1) is 45.6. The highest BCUT2D eigenvalue weighted by Crippen LogP contribution is 2.26. The van der Waals surface area contributed by atoms with Gasteiger partial charge < -0.3 is 47.4 Å². The molecule has 6 aromatic carbocycles. The second kappa shape index (κ2) is 31.5. The Morgan fingerprint density at radius 3 is 1.41 bits per heavy atom. The summed E-state index contributed by atoms with van der Waals surface area (Å²) >= 11 is 12.3. The summed E-state index contributed by atoms with van der Waals surface area (Å²) in [6.45, 7) is 2.98. The van der Waals surface area contributed by atoms with E-state index in [0.29, 0.717) is 45.7 Å². The maximum Gasteiger partial charge on any atom is 0.259 e. The van der Waals surface area contributed by atoms with Gasteiger partial charge in [-0.1, -0.05) is 54.1 Å². The topological polar surface area (TPSA) is 294 Å². The van der Waals surface area contributed by atoms with E-state index in [1.165, 1.54) is 67.8 Å². The number of anilines is 6. The molecule has 6 amide bonds. The average Bonchev–Trinajstić information content (AvgIpc) is 1.68. The van der Waals surface area contributed by atoms with Gasteiger partial charge in [-0.25, -0.2) is 32.5 Å². The van der Waals surface area contributed by atoms with Gasteiger partial charge in [0.2, 0.25) is 0 Å². The quantitative estimate of drug-likeness (QED) is 0.0270. The molecule has 5 heterocycles. The van der Waals surface area contributed by atoms with Crippen molar-refractivity contribution in [3.63, 3.8) is 0 Å². The maximum absolute atomic E-state index is 14.7. The van der Waals surface area contributed by atoms with Gasteiger partial charge in [0.15, 0.2) is 0 Å². The van der Waals surface area contributed by atoms with Crippen LogP contribution in [-0.2, 0) is 0 Å². The third kappa shape index (κ3) is 17.8. The van der Waals surface area contributed by atoms with Crippen LogP contribution >= 0.6 is 43.5 Å². The number of benzene rings is 6. The lowest BCUT2D eigenvalue weighted by Gasteiger charge is -2.33. The lowest BCUT2D eigenvalue weighted by molar-refractivity contribution is 0.100. The van der Waals surface area contributed by atoms with Crippen molar-refractivity contribution in [1.82, 2.24) is 24.8 Å². The molecule has 11 rings (SSSR count). The number of likely N-dealkylation sites (N-methyl/N-ethyl adjacent to an activating group) is 1. The summed E-state index contributed by atoms with van der Waals surface area (Å²) < 4.78 is 59.1. The molecule has 0 unspecified atom stereocenters. The van der Waals surface area contributed by atoms with Gasteiger partial charge in [0, 0.05) is 78.0 Å². The van der Waals surface area contributed by atoms with Crippen LogP contribution in [0.1, 0.15) is 85.3 Å². The summed E-state index contributed by atoms with van der Waals surface area (Å²) in [7, 11) is 3.34. The smallest absolute Gasteiger partial charge is 0.259 e. The van der Waals surface area contributed by atoms with Gasteiger partial charge in [0.25, 0.3) is 35.4 Å². The molecule has 21 nitrogen and oxygen atoms in total. The fourth-order valence-electron chi connectivity index (χ4n) is 9.10. The summed E-state index contributed by atoms with van der Waals surface area (Å²) in [5.41, 5.74) is 7.14. The molecule has 3 aromatic heterocycles. The number of likely N-dealkylation sites (tertiary alicyclic amines) is 1. The molecule has 28 heteroatoms. The van der Waals surface area contributed by atoms with Crippen LogP contribution in [0.15, 0.2) is 195 Å². The number of hydrogen-bond acceptors (Lipinski definition) is 13. The number of nitrogens with two attached hydrogens (primary N) is 1. The Bertz CT molecular complexity index is 4490. The third-order valence-corrected chi connectivity index (χ3v) is 15.3. The lowest BCUT2D eigenvalue weighted by Crippen LogP contribution is -2.42. The zero-order chi connectivity index (χ0) is 67.9. The number of carbonyl (C=O) groups is 6. The van der Waals surface area contributed by atoms with Gasteiger partial charge in [0.05, 0.1) is 62.0 Å². The summed E-state index contributed by atoms with van der Waals surface area (Å²) in [4.78, 5) is 100. The zero-order valence-corrected chi connectivity index (χ0v) is 54.0. The predicted molar refractivity (Wildman–Crippen MR) is 363 cm³/mol. The SMILES string of the molecule is CN1CCN=C1c1ccc(C(=O)Nc2ccccc2C(=O)Nc2ccc(Br)cn2)c(F)c1.CN=C(N)c1ccc(C(=O)Nc2ccc(F)cc2C(=O)Nc2ccc(Cl)cn2)c(F)c1.N=C(c1ccc(C(=O)Nc2ccccc2C(=O)Nc2ccc(Br)cn2)c(F)c1)N1CCC1. The Morgan fingerprint density at radius 1 is 0.516 bits per heavy atom. The first-order valence-corrected chi connectivity index (χ1v) is 30.5. The number of para-hydroxylation sites is 2. The highest BCUT2D eigenvalue weighted by molar-refractivity contribution is 9.10. The monoisotopic (exact) mass is 1430 g/mol. The van der Waals surface area contributed by atoms with Crippen molar-refractivity contribution in [1.29, 1.82) is 5.41 Å². The van der Waals surface area contributed by atoms with E-state index in [-0.39, 0.29) is 67.9 Å². The minimum atomic E-state index is -0.833. The number of hydrogen-bond donors (Lipinski definition) is 8. The van der Waals surface area contributed by atoms with E-state index in [0.717, 1.165) is 53.2 Å². The van der Waals surface area contributed by atoms with Gasteiger partial charge in [-0.2, -0.15) is 0 Å². The Kier molecular flexibility index (Phi) is 22.7. The molecule has 0 saturated carbocycles. The molecule has 95 heavy (non-hydrogen) atoms. The molecule has 1 saturated heterocycles. The molecule has 1 fully saturated rings. The predicted octanol–water partition coefficient (Wildman–Crippen LogP) is 12.6. The van der Waals surface area contributed by atoms with Crippen molar-refractivity contribution in [2.45, 2.75) is 6.42 Å². The summed E-state index contributed by atoms with van der Waals surface area (Å²) in [6, 6.07) is 38.1. The maximum atomic E-state index is 14.7. The molecule has 0 aliphatic carbocycles. The molecule has 482 valence electrons. The van der Waals surface area contributed by atoms with Gasteiger partial charge >= 0.3 is 0 Å². The van der Waals surface area contributed by atoms with Crippen molar-refractivity contribution >= 4 is 131 Å². The minimum Gasteiger partial charge on any atom is -0.384 e. The second-order valence-electron chi connectivity index (χ2n) is 20.6. The largest absolute Gasteiger partial charge is 0.384 e. The number of rotatable bonds is 15. The minimum absolute atomic E-state index is 0.0176. The van der Waals surface area contributed by atoms with Crippen LogP contribution < -0.4 is 37.6 Å². The van der Waals surface area contributed by atoms with E-state index in [2.05, 4.69) is 88.7 Å². The number of carbonyl (C=O) groups excluding carboxylic acids is 6. The van der Waals surface area contributed by atoms with Gasteiger partial charge in [-0.3, -0.25) is 44.2 Å². The highest BCUT2D eigenvalue weighted by atomic mass is 79.9. The van der Waals surface area contributed by atoms with Crippen LogP contribution in [0.3, 0.4) is 0 Å². The summed E-state index contributed by atoms with van der Waals surface area (Å²) in [6.07, 6.45) is 5.45. The molecule has 0 spiro atoms. The van der Waals surface area contributed by atoms with Gasteiger partial charge in [-0.05, 0) is 154 Å². The molecule has 0 radical (unpaired) electrons. The first-order valence-electron chi connectivity index (χ1n) is 28.5. The van der Waals surface area contributed by atoms with Crippen LogP contribution in [0.2, 0.25) is 5.02 Å². The highest BCUT2D eigenvalue weighted by Gasteiger charge is 2.25. The van der Waals surface area contributed by atoms with Crippen molar-refractivity contribution < 1.29 is 46.3 Å². The van der Waals surface area contributed by atoms with E-state index < -0.39 is 58.7 Å². The van der Waals surface area contributed by atoms with Gasteiger partial charge in [0.1, 0.15) is 58.2 Å². The lowest BCUT2D eigenvalue weighted by atomic mass is 10.1. The van der Waals surface area contributed by atoms with Crippen LogP contribution in [0.4, 0.5) is 52.1 Å².